The van der Waals surface area contributed by atoms with Gasteiger partial charge in [0.05, 0.1) is 5.69 Å². The van der Waals surface area contributed by atoms with Crippen molar-refractivity contribution in [3.05, 3.63) is 96.1 Å². The molecule has 3 aromatic heterocycles. The summed E-state index contributed by atoms with van der Waals surface area (Å²) >= 11 is 0. The summed E-state index contributed by atoms with van der Waals surface area (Å²) in [6, 6.07) is 25.8. The summed E-state index contributed by atoms with van der Waals surface area (Å²) in [4.78, 5) is 29.8. The van der Waals surface area contributed by atoms with Crippen molar-refractivity contribution in [2.75, 3.05) is 31.1 Å². The van der Waals surface area contributed by atoms with Crippen LogP contribution in [0.3, 0.4) is 0 Å². The normalized spacial score (nSPS) is 16.1. The summed E-state index contributed by atoms with van der Waals surface area (Å²) in [7, 11) is 0. The molecule has 0 bridgehead atoms. The highest BCUT2D eigenvalue weighted by molar-refractivity contribution is 5.91. The number of rotatable bonds is 6. The fourth-order valence-corrected chi connectivity index (χ4v) is 6.13. The minimum absolute atomic E-state index is 0.190. The first-order valence-corrected chi connectivity index (χ1v) is 13.6. The number of nitriles is 1. The molecule has 0 unspecified atom stereocenters. The minimum Gasteiger partial charge on any atom is -0.364 e. The summed E-state index contributed by atoms with van der Waals surface area (Å²) in [5.74, 6) is 0.476. The van der Waals surface area contributed by atoms with Crippen LogP contribution in [-0.4, -0.2) is 61.6 Å². The lowest BCUT2D eigenvalue weighted by Crippen LogP contribution is -2.56. The van der Waals surface area contributed by atoms with Crippen molar-refractivity contribution in [1.82, 2.24) is 29.5 Å². The van der Waals surface area contributed by atoms with Crippen LogP contribution in [-0.2, 0) is 6.54 Å². The predicted molar refractivity (Wildman–Crippen MR) is 154 cm³/mol. The third-order valence-corrected chi connectivity index (χ3v) is 8.03. The zero-order chi connectivity index (χ0) is 28.0. The number of carbonyl (C=O) groups excluding carboxylic acids is 1. The van der Waals surface area contributed by atoms with Crippen LogP contribution < -0.4 is 10.6 Å². The molecule has 5 aromatic rings. The van der Waals surface area contributed by atoms with Gasteiger partial charge in [0, 0.05) is 55.5 Å². The average Bonchev–Trinajstić information content (AvgIpc) is 3.60. The maximum Gasteiger partial charge on any atom is 0.269 e. The average molecular weight is 542 g/mol. The molecule has 2 aromatic carbocycles. The van der Waals surface area contributed by atoms with Crippen LogP contribution >= 0.6 is 0 Å². The van der Waals surface area contributed by atoms with Crippen LogP contribution in [0, 0.1) is 16.7 Å². The zero-order valence-electron chi connectivity index (χ0n) is 22.3. The van der Waals surface area contributed by atoms with Gasteiger partial charge in [0.25, 0.3) is 5.91 Å². The summed E-state index contributed by atoms with van der Waals surface area (Å²) in [5.41, 5.74) is 11.4. The molecule has 2 N–H and O–H groups in total. The predicted octanol–water partition coefficient (Wildman–Crippen LogP) is 3.54. The molecule has 0 aliphatic carbocycles. The van der Waals surface area contributed by atoms with Crippen molar-refractivity contribution in [2.24, 2.45) is 11.1 Å². The van der Waals surface area contributed by atoms with E-state index in [9.17, 15) is 4.79 Å². The van der Waals surface area contributed by atoms with Crippen molar-refractivity contribution in [2.45, 2.75) is 13.0 Å². The molecule has 2 aliphatic heterocycles. The van der Waals surface area contributed by atoms with Crippen molar-refractivity contribution in [3.63, 3.8) is 0 Å². The van der Waals surface area contributed by atoms with E-state index in [1.54, 1.807) is 22.8 Å². The Morgan fingerprint density at radius 3 is 2.51 bits per heavy atom. The molecule has 5 heterocycles. The number of likely N-dealkylation sites (tertiary alicyclic amines) is 1. The highest BCUT2D eigenvalue weighted by Gasteiger charge is 2.47. The fraction of sp³-hybridized carbons (Fsp3) is 0.226. The number of carbonyl (C=O) groups is 1. The van der Waals surface area contributed by atoms with E-state index in [1.807, 2.05) is 42.5 Å². The molecule has 1 spiro atoms. The van der Waals surface area contributed by atoms with E-state index in [2.05, 4.69) is 49.1 Å². The highest BCUT2D eigenvalue weighted by atomic mass is 16.1. The highest BCUT2D eigenvalue weighted by Crippen LogP contribution is 2.41. The Kier molecular flexibility index (Phi) is 5.94. The van der Waals surface area contributed by atoms with E-state index in [0.717, 1.165) is 67.5 Å². The van der Waals surface area contributed by atoms with Gasteiger partial charge in [0.15, 0.2) is 5.65 Å². The van der Waals surface area contributed by atoms with Crippen LogP contribution in [0.2, 0.25) is 0 Å². The second-order valence-electron chi connectivity index (χ2n) is 10.9. The number of amides is 1. The molecular weight excluding hydrogens is 514 g/mol. The Morgan fingerprint density at radius 2 is 1.76 bits per heavy atom. The molecule has 1 amide bonds. The van der Waals surface area contributed by atoms with Crippen molar-refractivity contribution in [1.29, 1.82) is 5.26 Å². The van der Waals surface area contributed by atoms with Gasteiger partial charge >= 0.3 is 0 Å². The molecule has 10 heteroatoms. The van der Waals surface area contributed by atoms with Gasteiger partial charge in [-0.3, -0.25) is 9.69 Å². The Morgan fingerprint density at radius 1 is 0.951 bits per heavy atom. The third kappa shape index (κ3) is 4.56. The van der Waals surface area contributed by atoms with E-state index in [4.69, 9.17) is 16.0 Å². The number of imidazole rings is 1. The topological polar surface area (TPSA) is 129 Å². The first-order chi connectivity index (χ1) is 20.0. The number of benzene rings is 2. The molecule has 7 rings (SSSR count). The Labute approximate surface area is 236 Å². The van der Waals surface area contributed by atoms with Crippen molar-refractivity contribution in [3.8, 4) is 28.6 Å². The lowest BCUT2D eigenvalue weighted by atomic mass is 9.79. The summed E-state index contributed by atoms with van der Waals surface area (Å²) in [5, 5.41) is 13.6. The number of nitrogens with zero attached hydrogens (tertiary/aromatic N) is 8. The Balaban J connectivity index is 1.08. The lowest BCUT2D eigenvalue weighted by Gasteiger charge is -2.48. The molecule has 0 atom stereocenters. The third-order valence-electron chi connectivity index (χ3n) is 8.03. The molecule has 0 saturated carbocycles. The van der Waals surface area contributed by atoms with Gasteiger partial charge in [-0.05, 0) is 30.2 Å². The summed E-state index contributed by atoms with van der Waals surface area (Å²) in [6.45, 7) is 4.86. The number of hydrogen-bond acceptors (Lipinski definition) is 8. The molecule has 202 valence electrons. The zero-order valence-corrected chi connectivity index (χ0v) is 22.3. The number of anilines is 1. The second kappa shape index (κ2) is 9.80. The molecule has 10 nitrogen and oxygen atoms in total. The van der Waals surface area contributed by atoms with Gasteiger partial charge < -0.3 is 10.6 Å². The maximum absolute atomic E-state index is 11.8. The number of nitrogens with two attached hydrogens (primary N) is 1. The van der Waals surface area contributed by atoms with Gasteiger partial charge in [0.2, 0.25) is 5.82 Å². The fourth-order valence-electron chi connectivity index (χ4n) is 6.13. The first-order valence-electron chi connectivity index (χ1n) is 13.6. The molecule has 2 fully saturated rings. The number of aromatic nitrogens is 5. The smallest absolute Gasteiger partial charge is 0.269 e. The van der Waals surface area contributed by atoms with E-state index >= 15 is 0 Å². The monoisotopic (exact) mass is 541 g/mol. The van der Waals surface area contributed by atoms with Crippen molar-refractivity contribution < 1.29 is 4.79 Å². The largest absolute Gasteiger partial charge is 0.364 e. The quantitative estimate of drug-likeness (QED) is 0.346. The van der Waals surface area contributed by atoms with Crippen LogP contribution in [0.15, 0.2) is 79.0 Å². The first kappa shape index (κ1) is 24.9. The minimum atomic E-state index is -0.578. The van der Waals surface area contributed by atoms with Crippen molar-refractivity contribution >= 4 is 17.4 Å². The van der Waals surface area contributed by atoms with Gasteiger partial charge in [-0.2, -0.15) is 10.4 Å². The van der Waals surface area contributed by atoms with Crippen LogP contribution in [0.1, 0.15) is 28.3 Å². The van der Waals surface area contributed by atoms with Gasteiger partial charge in [-0.25, -0.2) is 19.5 Å². The van der Waals surface area contributed by atoms with Crippen LogP contribution in [0.5, 0.6) is 0 Å². The van der Waals surface area contributed by atoms with E-state index in [0.29, 0.717) is 5.65 Å². The Hall–Kier alpha value is -5.14. The van der Waals surface area contributed by atoms with E-state index in [-0.39, 0.29) is 16.9 Å². The maximum atomic E-state index is 11.8. The molecule has 2 aliphatic rings. The molecule has 41 heavy (non-hydrogen) atoms. The number of primary amides is 1. The number of fused-ring (bicyclic) bond motifs is 1. The molecule has 2 saturated heterocycles. The standard InChI is InChI=1S/C31H27N9O/c32-16-25-34-14-12-26(35-25)39-15-13-31(20-39)18-38(19-31)17-21-6-8-22(9-7-21)28-29(23-4-2-1-3-5-23)40-27(36-28)11-10-24(37-40)30(33)41/h1-12,14H,13,15,17-20H2,(H2,33,41). The molecule has 0 radical (unpaired) electrons. The van der Waals surface area contributed by atoms with Gasteiger partial charge in [0.1, 0.15) is 23.3 Å². The second-order valence-corrected chi connectivity index (χ2v) is 10.9. The van der Waals surface area contributed by atoms with Gasteiger partial charge in [-0.15, -0.1) is 0 Å². The van der Waals surface area contributed by atoms with Gasteiger partial charge in [-0.1, -0.05) is 54.6 Å². The molecular formula is C31H27N9O. The number of hydrogen-bond donors (Lipinski definition) is 1. The summed E-state index contributed by atoms with van der Waals surface area (Å²) < 4.78 is 1.70. The lowest BCUT2D eigenvalue weighted by molar-refractivity contribution is 0.0117. The summed E-state index contributed by atoms with van der Waals surface area (Å²) in [6.07, 6.45) is 2.78. The van der Waals surface area contributed by atoms with E-state index in [1.165, 1.54) is 5.56 Å². The Bertz CT molecular complexity index is 1800. The SMILES string of the molecule is N#Cc1nccc(N2CCC3(CN(Cc4ccc(-c5nc6ccc(C(N)=O)nn6c5-c5ccccc5)cc4)C3)C2)n1. The van der Waals surface area contributed by atoms with E-state index < -0.39 is 5.91 Å². The van der Waals surface area contributed by atoms with Crippen LogP contribution in [0.4, 0.5) is 5.82 Å². The van der Waals surface area contributed by atoms with Crippen LogP contribution in [0.25, 0.3) is 28.2 Å².